The van der Waals surface area contributed by atoms with E-state index in [1.807, 2.05) is 11.9 Å². The van der Waals surface area contributed by atoms with Gasteiger partial charge in [0.15, 0.2) is 0 Å². The second kappa shape index (κ2) is 5.71. The Morgan fingerprint density at radius 1 is 1.50 bits per heavy atom. The minimum Gasteiger partial charge on any atom is -0.342 e. The number of thioether (sulfide) groups is 2. The summed E-state index contributed by atoms with van der Waals surface area (Å²) in [4.78, 5) is 14.9. The second-order valence-corrected chi connectivity index (χ2v) is 5.14. The first-order valence-corrected chi connectivity index (χ1v) is 7.33. The van der Waals surface area contributed by atoms with E-state index >= 15 is 0 Å². The van der Waals surface area contributed by atoms with Gasteiger partial charge in [-0.05, 0) is 25.4 Å². The van der Waals surface area contributed by atoms with Gasteiger partial charge in [0.25, 0.3) is 0 Å². The molecule has 0 unspecified atom stereocenters. The lowest BCUT2D eigenvalue weighted by Gasteiger charge is -2.26. The molecule has 0 aromatic rings. The molecule has 0 saturated carbocycles. The van der Waals surface area contributed by atoms with Crippen LogP contribution >= 0.6 is 23.5 Å². The van der Waals surface area contributed by atoms with E-state index in [0.29, 0.717) is 0 Å². The van der Waals surface area contributed by atoms with Gasteiger partial charge in [-0.2, -0.15) is 11.8 Å². The third-order valence-electron chi connectivity index (χ3n) is 2.38. The fourth-order valence-corrected chi connectivity index (χ4v) is 3.29. The highest BCUT2D eigenvalue weighted by atomic mass is 32.2. The molecule has 0 N–H and O–H groups in total. The molecule has 80 valence electrons. The van der Waals surface area contributed by atoms with Crippen molar-refractivity contribution in [2.75, 3.05) is 31.9 Å². The maximum Gasteiger partial charge on any atom is 0.250 e. The highest BCUT2D eigenvalue weighted by Crippen LogP contribution is 2.27. The summed E-state index contributed by atoms with van der Waals surface area (Å²) in [5.74, 6) is 1.20. The zero-order valence-corrected chi connectivity index (χ0v) is 10.6. The van der Waals surface area contributed by atoms with Crippen LogP contribution in [0.1, 0.15) is 12.8 Å². The Hall–Kier alpha value is -0.0900. The van der Waals surface area contributed by atoms with Gasteiger partial charge in [0, 0.05) is 29.8 Å². The molecule has 4 heteroatoms. The summed E-state index contributed by atoms with van der Waals surface area (Å²) >= 11 is 3.50. The molecule has 0 spiro atoms. The van der Waals surface area contributed by atoms with Gasteiger partial charge < -0.3 is 4.90 Å². The minimum atomic E-state index is 0.231. The first-order chi connectivity index (χ1) is 6.70. The van der Waals surface area contributed by atoms with Crippen LogP contribution in [0.5, 0.6) is 0 Å². The molecule has 0 radical (unpaired) electrons. The molecule has 1 fully saturated rings. The number of hydrogen-bond acceptors (Lipinski definition) is 3. The smallest absolute Gasteiger partial charge is 0.250 e. The molecular weight excluding hydrogens is 214 g/mol. The van der Waals surface area contributed by atoms with Crippen molar-refractivity contribution in [3.63, 3.8) is 0 Å². The molecule has 0 aromatic heterocycles. The molecule has 14 heavy (non-hydrogen) atoms. The Balaban J connectivity index is 2.85. The Bertz CT molecular complexity index is 251. The van der Waals surface area contributed by atoms with Gasteiger partial charge in [-0.25, -0.2) is 0 Å². The van der Waals surface area contributed by atoms with Crippen molar-refractivity contribution >= 4 is 29.4 Å². The van der Waals surface area contributed by atoms with Crippen LogP contribution in [0, 0.1) is 0 Å². The average molecular weight is 231 g/mol. The van der Waals surface area contributed by atoms with Gasteiger partial charge in [-0.15, -0.1) is 11.8 Å². The number of piperidine rings is 1. The van der Waals surface area contributed by atoms with Crippen molar-refractivity contribution in [1.29, 1.82) is 0 Å². The highest BCUT2D eigenvalue weighted by Gasteiger charge is 2.22. The zero-order chi connectivity index (χ0) is 10.6. The number of hydrogen-bond donors (Lipinski definition) is 0. The fraction of sp³-hybridized carbons (Fsp3) is 0.700. The molecule has 1 aliphatic rings. The number of carbonyl (C=O) groups is 1. The number of rotatable bonds is 3. The zero-order valence-electron chi connectivity index (χ0n) is 9.00. The van der Waals surface area contributed by atoms with E-state index in [9.17, 15) is 4.79 Å². The molecule has 1 rings (SSSR count). The summed E-state index contributed by atoms with van der Waals surface area (Å²) in [6.07, 6.45) is 6.20. The van der Waals surface area contributed by atoms with Gasteiger partial charge in [0.1, 0.15) is 0 Å². The van der Waals surface area contributed by atoms with Crippen LogP contribution < -0.4 is 0 Å². The maximum atomic E-state index is 11.8. The van der Waals surface area contributed by atoms with Crippen molar-refractivity contribution in [2.24, 2.45) is 0 Å². The Labute approximate surface area is 94.5 Å². The fourth-order valence-electron chi connectivity index (χ4n) is 1.59. The molecular formula is C10H17NOS2. The molecule has 0 atom stereocenters. The minimum absolute atomic E-state index is 0.231. The summed E-state index contributed by atoms with van der Waals surface area (Å²) in [6.45, 7) is 0.906. The molecule has 0 aromatic carbocycles. The summed E-state index contributed by atoms with van der Waals surface area (Å²) < 4.78 is 0. The number of likely N-dealkylation sites (N-methyl/N-ethyl adjacent to an activating group) is 1. The van der Waals surface area contributed by atoms with Crippen LogP contribution in [0.3, 0.4) is 0 Å². The molecule has 1 heterocycles. The first kappa shape index (κ1) is 12.0. The van der Waals surface area contributed by atoms with E-state index in [0.717, 1.165) is 30.7 Å². The van der Waals surface area contributed by atoms with Crippen LogP contribution in [0.15, 0.2) is 10.5 Å². The standard InChI is InChI=1S/C10H17NOS2/c1-11-6-4-5-8(10(11)12)9(14-3)7-13-2/h4-7H2,1-3H3/b9-8-. The van der Waals surface area contributed by atoms with Crippen molar-refractivity contribution in [2.45, 2.75) is 12.8 Å². The summed E-state index contributed by atoms with van der Waals surface area (Å²) in [5, 5.41) is 0. The third kappa shape index (κ3) is 2.70. The van der Waals surface area contributed by atoms with E-state index in [4.69, 9.17) is 0 Å². The van der Waals surface area contributed by atoms with E-state index in [-0.39, 0.29) is 5.91 Å². The topological polar surface area (TPSA) is 20.3 Å². The number of amides is 1. The first-order valence-electron chi connectivity index (χ1n) is 4.71. The molecule has 1 saturated heterocycles. The van der Waals surface area contributed by atoms with E-state index in [1.165, 1.54) is 4.91 Å². The van der Waals surface area contributed by atoms with Crippen molar-refractivity contribution in [1.82, 2.24) is 4.90 Å². The van der Waals surface area contributed by atoms with Gasteiger partial charge in [-0.3, -0.25) is 4.79 Å². The Morgan fingerprint density at radius 3 is 2.79 bits per heavy atom. The van der Waals surface area contributed by atoms with Crippen molar-refractivity contribution in [3.8, 4) is 0 Å². The Morgan fingerprint density at radius 2 is 2.21 bits per heavy atom. The number of likely N-dealkylation sites (tertiary alicyclic amines) is 1. The van der Waals surface area contributed by atoms with Crippen LogP contribution in [-0.4, -0.2) is 42.7 Å². The van der Waals surface area contributed by atoms with Gasteiger partial charge in [0.2, 0.25) is 5.91 Å². The summed E-state index contributed by atoms with van der Waals surface area (Å²) in [5.41, 5.74) is 1.04. The second-order valence-electron chi connectivity index (χ2n) is 3.37. The molecule has 1 amide bonds. The van der Waals surface area contributed by atoms with Crippen LogP contribution in [0.4, 0.5) is 0 Å². The van der Waals surface area contributed by atoms with Crippen LogP contribution in [0.2, 0.25) is 0 Å². The lowest BCUT2D eigenvalue weighted by molar-refractivity contribution is -0.127. The predicted molar refractivity (Wildman–Crippen MR) is 65.8 cm³/mol. The predicted octanol–water partition coefficient (Wildman–Crippen LogP) is 2.22. The monoisotopic (exact) mass is 231 g/mol. The summed E-state index contributed by atoms with van der Waals surface area (Å²) in [7, 11) is 1.89. The lowest BCUT2D eigenvalue weighted by atomic mass is 10.0. The largest absolute Gasteiger partial charge is 0.342 e. The lowest BCUT2D eigenvalue weighted by Crippen LogP contribution is -2.34. The molecule has 2 nitrogen and oxygen atoms in total. The van der Waals surface area contributed by atoms with Crippen LogP contribution in [0.25, 0.3) is 0 Å². The number of carbonyl (C=O) groups excluding carboxylic acids is 1. The SMILES string of the molecule is CSC/C(SC)=C1\CCCN(C)C1=O. The van der Waals surface area contributed by atoms with Gasteiger partial charge in [-0.1, -0.05) is 0 Å². The third-order valence-corrected chi connectivity index (χ3v) is 4.03. The maximum absolute atomic E-state index is 11.8. The molecule has 0 aliphatic carbocycles. The van der Waals surface area contributed by atoms with Crippen molar-refractivity contribution in [3.05, 3.63) is 10.5 Å². The molecule has 1 aliphatic heterocycles. The van der Waals surface area contributed by atoms with Crippen LogP contribution in [-0.2, 0) is 4.79 Å². The van der Waals surface area contributed by atoms with E-state index in [1.54, 1.807) is 23.5 Å². The Kier molecular flexibility index (Phi) is 4.89. The van der Waals surface area contributed by atoms with Gasteiger partial charge in [0.05, 0.1) is 0 Å². The van der Waals surface area contributed by atoms with E-state index < -0.39 is 0 Å². The van der Waals surface area contributed by atoms with Crippen molar-refractivity contribution < 1.29 is 4.79 Å². The quantitative estimate of drug-likeness (QED) is 0.695. The number of nitrogens with zero attached hydrogens (tertiary/aromatic N) is 1. The van der Waals surface area contributed by atoms with Gasteiger partial charge >= 0.3 is 0 Å². The summed E-state index contributed by atoms with van der Waals surface area (Å²) in [6, 6.07) is 0. The van der Waals surface area contributed by atoms with E-state index in [2.05, 4.69) is 12.5 Å². The average Bonchev–Trinajstić information content (AvgIpc) is 2.19. The molecule has 0 bridgehead atoms. The normalized spacial score (nSPS) is 21.4. The highest BCUT2D eigenvalue weighted by molar-refractivity contribution is 8.05.